The molecule has 1 saturated carbocycles. The Labute approximate surface area is 138 Å². The lowest BCUT2D eigenvalue weighted by Crippen LogP contribution is -2.36. The molecule has 1 aromatic heterocycles. The number of amides is 1. The number of nitrogens with one attached hydrogen (secondary N) is 1. The highest BCUT2D eigenvalue weighted by atomic mass is 32.1. The zero-order valence-corrected chi connectivity index (χ0v) is 14.0. The van der Waals surface area contributed by atoms with E-state index in [0.717, 1.165) is 12.8 Å². The minimum absolute atomic E-state index is 0.249. The minimum atomic E-state index is -0.935. The molecule has 0 radical (unpaired) electrons. The zero-order chi connectivity index (χ0) is 17.0. The van der Waals surface area contributed by atoms with Crippen LogP contribution in [0.25, 0.3) is 0 Å². The van der Waals surface area contributed by atoms with Gasteiger partial charge in [-0.1, -0.05) is 12.8 Å². The second-order valence-electron chi connectivity index (χ2n) is 5.94. The average Bonchev–Trinajstić information content (AvgIpc) is 2.94. The largest absolute Gasteiger partial charge is 0.481 e. The number of carbonyl (C=O) groups is 3. The Morgan fingerprint density at radius 3 is 2.52 bits per heavy atom. The van der Waals surface area contributed by atoms with Crippen molar-refractivity contribution in [1.82, 2.24) is 0 Å². The predicted octanol–water partition coefficient (Wildman–Crippen LogP) is 3.14. The number of hydrogen-bond acceptors (Lipinski definition) is 5. The van der Waals surface area contributed by atoms with E-state index in [-0.39, 0.29) is 12.0 Å². The summed E-state index contributed by atoms with van der Waals surface area (Å²) >= 11 is 1.23. The fraction of sp³-hybridized carbons (Fsp3) is 0.562. The molecule has 0 saturated heterocycles. The third-order valence-electron chi connectivity index (χ3n) is 3.88. The van der Waals surface area contributed by atoms with Crippen molar-refractivity contribution in [1.29, 1.82) is 0 Å². The molecule has 6 nitrogen and oxygen atoms in total. The number of hydrogen-bond donors (Lipinski definition) is 2. The molecule has 7 heteroatoms. The molecule has 1 aromatic rings. The summed E-state index contributed by atoms with van der Waals surface area (Å²) in [6.45, 7) is 3.50. The monoisotopic (exact) mass is 339 g/mol. The molecule has 2 N–H and O–H groups in total. The standard InChI is InChI=1S/C16H21NO5S/c1-9(2)22-16(21)12-7-8-23-14(12)17-13(18)10-5-3-4-6-11(10)15(19)20/h7-11H,3-6H2,1-2H3,(H,17,18)(H,19,20)/t10-,11+/m1/s1. The lowest BCUT2D eigenvalue weighted by molar-refractivity contribution is -0.147. The lowest BCUT2D eigenvalue weighted by Gasteiger charge is -2.27. The highest BCUT2D eigenvalue weighted by Crippen LogP contribution is 2.32. The molecule has 1 aliphatic carbocycles. The summed E-state index contributed by atoms with van der Waals surface area (Å²) in [6.07, 6.45) is 2.49. The Hall–Kier alpha value is -1.89. The molecule has 126 valence electrons. The minimum Gasteiger partial charge on any atom is -0.481 e. The van der Waals surface area contributed by atoms with E-state index < -0.39 is 23.8 Å². The van der Waals surface area contributed by atoms with E-state index >= 15 is 0 Å². The number of carbonyl (C=O) groups excluding carboxylic acids is 2. The van der Waals surface area contributed by atoms with Crippen molar-refractivity contribution in [3.05, 3.63) is 17.0 Å². The number of ether oxygens (including phenoxy) is 1. The third kappa shape index (κ3) is 4.31. The van der Waals surface area contributed by atoms with Gasteiger partial charge >= 0.3 is 11.9 Å². The van der Waals surface area contributed by atoms with Crippen LogP contribution in [0.3, 0.4) is 0 Å². The first-order valence-corrected chi connectivity index (χ1v) is 8.60. The van der Waals surface area contributed by atoms with Gasteiger partial charge in [-0.2, -0.15) is 0 Å². The van der Waals surface area contributed by atoms with Crippen LogP contribution >= 0.6 is 11.3 Å². The molecule has 0 spiro atoms. The van der Waals surface area contributed by atoms with Crippen LogP contribution in [0.4, 0.5) is 5.00 Å². The van der Waals surface area contributed by atoms with Gasteiger partial charge in [0, 0.05) is 0 Å². The molecule has 1 heterocycles. The summed E-state index contributed by atoms with van der Waals surface area (Å²) in [7, 11) is 0. The first-order valence-electron chi connectivity index (χ1n) is 7.72. The number of rotatable bonds is 5. The Kier molecular flexibility index (Phi) is 5.76. The normalized spacial score (nSPS) is 21.0. The molecular weight excluding hydrogens is 318 g/mol. The molecular formula is C16H21NO5S. The van der Waals surface area contributed by atoms with Crippen LogP contribution in [-0.2, 0) is 14.3 Å². The van der Waals surface area contributed by atoms with Gasteiger partial charge in [0.15, 0.2) is 0 Å². The van der Waals surface area contributed by atoms with E-state index in [1.165, 1.54) is 11.3 Å². The third-order valence-corrected chi connectivity index (χ3v) is 4.71. The topological polar surface area (TPSA) is 92.7 Å². The van der Waals surface area contributed by atoms with Gasteiger partial charge in [-0.15, -0.1) is 11.3 Å². The van der Waals surface area contributed by atoms with Crippen LogP contribution < -0.4 is 5.32 Å². The van der Waals surface area contributed by atoms with Crippen molar-refractivity contribution < 1.29 is 24.2 Å². The van der Waals surface area contributed by atoms with Crippen LogP contribution in [-0.4, -0.2) is 29.1 Å². The van der Waals surface area contributed by atoms with Crippen molar-refractivity contribution in [3.8, 4) is 0 Å². The number of esters is 1. The van der Waals surface area contributed by atoms with Gasteiger partial charge in [0.25, 0.3) is 0 Å². The maximum Gasteiger partial charge on any atom is 0.341 e. The maximum absolute atomic E-state index is 12.5. The summed E-state index contributed by atoms with van der Waals surface area (Å²) in [5, 5.41) is 14.1. The predicted molar refractivity (Wildman–Crippen MR) is 86.6 cm³/mol. The summed E-state index contributed by atoms with van der Waals surface area (Å²) < 4.78 is 5.14. The Morgan fingerprint density at radius 1 is 1.26 bits per heavy atom. The highest BCUT2D eigenvalue weighted by molar-refractivity contribution is 7.14. The summed E-state index contributed by atoms with van der Waals surface area (Å²) in [4.78, 5) is 35.8. The maximum atomic E-state index is 12.5. The van der Waals surface area contributed by atoms with E-state index in [2.05, 4.69) is 5.32 Å². The van der Waals surface area contributed by atoms with Gasteiger partial charge in [-0.3, -0.25) is 9.59 Å². The SMILES string of the molecule is CC(C)OC(=O)c1ccsc1NC(=O)[C@@H]1CCCC[C@@H]1C(=O)O. The van der Waals surface area contributed by atoms with E-state index in [0.29, 0.717) is 23.4 Å². The Bertz CT molecular complexity index is 595. The molecule has 1 aliphatic rings. The summed E-state index contributed by atoms with van der Waals surface area (Å²) in [5.41, 5.74) is 0.305. The molecule has 2 rings (SSSR count). The van der Waals surface area contributed by atoms with Gasteiger partial charge < -0.3 is 15.2 Å². The van der Waals surface area contributed by atoms with Crippen molar-refractivity contribution in [3.63, 3.8) is 0 Å². The molecule has 2 atom stereocenters. The van der Waals surface area contributed by atoms with Gasteiger partial charge in [0.2, 0.25) is 5.91 Å². The van der Waals surface area contributed by atoms with E-state index in [1.807, 2.05) is 0 Å². The fourth-order valence-electron chi connectivity index (χ4n) is 2.79. The number of anilines is 1. The quantitative estimate of drug-likeness (QED) is 0.804. The Morgan fingerprint density at radius 2 is 1.91 bits per heavy atom. The molecule has 23 heavy (non-hydrogen) atoms. The van der Waals surface area contributed by atoms with Crippen LogP contribution in [0.1, 0.15) is 49.9 Å². The van der Waals surface area contributed by atoms with Crippen molar-refractivity contribution in [2.24, 2.45) is 11.8 Å². The smallest absolute Gasteiger partial charge is 0.341 e. The van der Waals surface area contributed by atoms with Crippen LogP contribution in [0.2, 0.25) is 0 Å². The van der Waals surface area contributed by atoms with E-state index in [4.69, 9.17) is 4.74 Å². The van der Waals surface area contributed by atoms with Crippen LogP contribution in [0.15, 0.2) is 11.4 Å². The summed E-state index contributed by atoms with van der Waals surface area (Å²) in [6, 6.07) is 1.60. The van der Waals surface area contributed by atoms with E-state index in [1.54, 1.807) is 25.3 Å². The number of aliphatic carboxylic acids is 1. The molecule has 0 unspecified atom stereocenters. The van der Waals surface area contributed by atoms with Crippen molar-refractivity contribution in [2.75, 3.05) is 5.32 Å². The zero-order valence-electron chi connectivity index (χ0n) is 13.2. The fourth-order valence-corrected chi connectivity index (χ4v) is 3.57. The molecule has 0 bridgehead atoms. The first kappa shape index (κ1) is 17.5. The molecule has 1 amide bonds. The summed E-state index contributed by atoms with van der Waals surface area (Å²) in [5.74, 6) is -2.98. The highest BCUT2D eigenvalue weighted by Gasteiger charge is 2.36. The van der Waals surface area contributed by atoms with Gasteiger partial charge in [-0.25, -0.2) is 4.79 Å². The lowest BCUT2D eigenvalue weighted by atomic mass is 9.79. The number of thiophene rings is 1. The van der Waals surface area contributed by atoms with Gasteiger partial charge in [0.1, 0.15) is 5.00 Å². The number of carboxylic acid groups (broad SMARTS) is 1. The second-order valence-corrected chi connectivity index (χ2v) is 6.86. The van der Waals surface area contributed by atoms with Crippen molar-refractivity contribution in [2.45, 2.75) is 45.6 Å². The van der Waals surface area contributed by atoms with Crippen LogP contribution in [0, 0.1) is 11.8 Å². The van der Waals surface area contributed by atoms with Gasteiger partial charge in [0.05, 0.1) is 23.5 Å². The molecule has 0 aromatic carbocycles. The average molecular weight is 339 g/mol. The number of carboxylic acids is 1. The van der Waals surface area contributed by atoms with Crippen LogP contribution in [0.5, 0.6) is 0 Å². The Balaban J connectivity index is 2.10. The van der Waals surface area contributed by atoms with Gasteiger partial charge in [-0.05, 0) is 38.1 Å². The molecule has 0 aliphatic heterocycles. The first-order chi connectivity index (χ1) is 10.9. The second kappa shape index (κ2) is 7.59. The van der Waals surface area contributed by atoms with E-state index in [9.17, 15) is 19.5 Å². The van der Waals surface area contributed by atoms with Crippen molar-refractivity contribution >= 4 is 34.2 Å². The molecule has 1 fully saturated rings.